The van der Waals surface area contributed by atoms with Gasteiger partial charge in [-0.25, -0.2) is 9.97 Å². The van der Waals surface area contributed by atoms with Gasteiger partial charge in [-0.2, -0.15) is 0 Å². The molecule has 4 aromatic rings. The minimum absolute atomic E-state index is 0.773. The van der Waals surface area contributed by atoms with Gasteiger partial charge < -0.3 is 9.88 Å². The van der Waals surface area contributed by atoms with Crippen molar-refractivity contribution in [2.75, 3.05) is 11.9 Å². The maximum absolute atomic E-state index is 4.55. The summed E-state index contributed by atoms with van der Waals surface area (Å²) in [5, 5.41) is 4.70. The van der Waals surface area contributed by atoms with E-state index in [2.05, 4.69) is 68.5 Å². The van der Waals surface area contributed by atoms with E-state index in [-0.39, 0.29) is 0 Å². The van der Waals surface area contributed by atoms with Gasteiger partial charge in [0.25, 0.3) is 0 Å². The van der Waals surface area contributed by atoms with E-state index in [9.17, 15) is 0 Å². The van der Waals surface area contributed by atoms with Gasteiger partial charge >= 0.3 is 0 Å². The van der Waals surface area contributed by atoms with E-state index in [1.165, 1.54) is 10.9 Å². The molecule has 0 amide bonds. The van der Waals surface area contributed by atoms with Gasteiger partial charge in [0, 0.05) is 36.4 Å². The molecule has 4 heteroatoms. The lowest BCUT2D eigenvalue weighted by molar-refractivity contribution is 0.754. The zero-order chi connectivity index (χ0) is 17.1. The maximum atomic E-state index is 4.55. The highest BCUT2D eigenvalue weighted by Gasteiger charge is 2.05. The first-order chi connectivity index (χ1) is 12.3. The minimum Gasteiger partial charge on any atom is -0.368 e. The Bertz CT molecular complexity index is 989. The van der Waals surface area contributed by atoms with Crippen LogP contribution >= 0.6 is 0 Å². The fraction of sp³-hybridized carbons (Fsp3) is 0.143. The van der Waals surface area contributed by atoms with Crippen LogP contribution in [0.5, 0.6) is 0 Å². The third-order valence-electron chi connectivity index (χ3n) is 4.25. The number of fused-ring (bicyclic) bond motifs is 1. The molecule has 0 fully saturated rings. The number of anilines is 1. The van der Waals surface area contributed by atoms with E-state index in [1.54, 1.807) is 0 Å². The molecule has 25 heavy (non-hydrogen) atoms. The Labute approximate surface area is 147 Å². The fourth-order valence-electron chi connectivity index (χ4n) is 3.06. The van der Waals surface area contributed by atoms with Crippen LogP contribution in [0.25, 0.3) is 22.2 Å². The van der Waals surface area contributed by atoms with Crippen molar-refractivity contribution >= 4 is 16.7 Å². The van der Waals surface area contributed by atoms with Crippen LogP contribution in [-0.4, -0.2) is 21.1 Å². The smallest absolute Gasteiger partial charge is 0.130 e. The summed E-state index contributed by atoms with van der Waals surface area (Å²) in [6.07, 6.45) is 2.13. The van der Waals surface area contributed by atoms with Crippen molar-refractivity contribution in [3.05, 3.63) is 78.8 Å². The number of hydrogen-bond donors (Lipinski definition) is 1. The predicted molar refractivity (Wildman–Crippen MR) is 103 cm³/mol. The molecular formula is C21H20N4. The molecule has 0 aliphatic carbocycles. The monoisotopic (exact) mass is 328 g/mol. The van der Waals surface area contributed by atoms with Gasteiger partial charge in [0.05, 0.1) is 5.69 Å². The molecule has 0 aliphatic heterocycles. The van der Waals surface area contributed by atoms with Crippen LogP contribution in [0.4, 0.5) is 5.82 Å². The van der Waals surface area contributed by atoms with Crippen LogP contribution < -0.4 is 5.32 Å². The van der Waals surface area contributed by atoms with E-state index >= 15 is 0 Å². The number of aromatic nitrogens is 3. The quantitative estimate of drug-likeness (QED) is 0.586. The molecule has 124 valence electrons. The fourth-order valence-corrected chi connectivity index (χ4v) is 3.06. The van der Waals surface area contributed by atoms with Gasteiger partial charge in [0.1, 0.15) is 11.6 Å². The maximum Gasteiger partial charge on any atom is 0.130 e. The predicted octanol–water partition coefficient (Wildman–Crippen LogP) is 4.52. The third-order valence-corrected chi connectivity index (χ3v) is 4.25. The van der Waals surface area contributed by atoms with Crippen LogP contribution in [0, 0.1) is 6.92 Å². The second-order valence-electron chi connectivity index (χ2n) is 6.05. The van der Waals surface area contributed by atoms with Crippen LogP contribution in [0.1, 0.15) is 5.82 Å². The molecule has 0 saturated heterocycles. The van der Waals surface area contributed by atoms with E-state index in [0.717, 1.165) is 36.0 Å². The first-order valence-electron chi connectivity index (χ1n) is 8.48. The summed E-state index contributed by atoms with van der Waals surface area (Å²) >= 11 is 0. The molecule has 0 atom stereocenters. The standard InChI is InChI=1S/C21H20N4/c1-16-23-19(17-7-3-2-4-8-17)15-21(24-16)22-12-14-25-13-11-18-9-5-6-10-20(18)25/h2-11,13,15H,12,14H2,1H3,(H,22,23,24). The van der Waals surface area contributed by atoms with Crippen molar-refractivity contribution in [1.29, 1.82) is 0 Å². The molecule has 0 spiro atoms. The van der Waals surface area contributed by atoms with Crippen molar-refractivity contribution in [3.63, 3.8) is 0 Å². The minimum atomic E-state index is 0.773. The molecule has 2 aromatic carbocycles. The lowest BCUT2D eigenvalue weighted by Crippen LogP contribution is -2.11. The molecule has 0 aliphatic rings. The molecule has 0 bridgehead atoms. The number of para-hydroxylation sites is 1. The van der Waals surface area contributed by atoms with Crippen LogP contribution in [-0.2, 0) is 6.54 Å². The Morgan fingerprint density at radius 1 is 0.920 bits per heavy atom. The van der Waals surface area contributed by atoms with Crippen molar-refractivity contribution in [3.8, 4) is 11.3 Å². The van der Waals surface area contributed by atoms with E-state index in [1.807, 2.05) is 31.2 Å². The van der Waals surface area contributed by atoms with Gasteiger partial charge in [0.15, 0.2) is 0 Å². The summed E-state index contributed by atoms with van der Waals surface area (Å²) in [5.74, 6) is 1.64. The molecular weight excluding hydrogens is 308 g/mol. The summed E-state index contributed by atoms with van der Waals surface area (Å²) in [5.41, 5.74) is 3.31. The zero-order valence-corrected chi connectivity index (χ0v) is 14.2. The SMILES string of the molecule is Cc1nc(NCCn2ccc3ccccc32)cc(-c2ccccc2)n1. The lowest BCUT2D eigenvalue weighted by Gasteiger charge is -2.10. The highest BCUT2D eigenvalue weighted by Crippen LogP contribution is 2.19. The van der Waals surface area contributed by atoms with Gasteiger partial charge in [-0.05, 0) is 24.4 Å². The summed E-state index contributed by atoms with van der Waals surface area (Å²) in [7, 11) is 0. The second-order valence-corrected chi connectivity index (χ2v) is 6.05. The average Bonchev–Trinajstić information content (AvgIpc) is 3.05. The van der Waals surface area contributed by atoms with E-state index in [4.69, 9.17) is 0 Å². The Kier molecular flexibility index (Phi) is 4.17. The van der Waals surface area contributed by atoms with Crippen molar-refractivity contribution in [1.82, 2.24) is 14.5 Å². The number of nitrogens with one attached hydrogen (secondary N) is 1. The van der Waals surface area contributed by atoms with E-state index in [0.29, 0.717) is 0 Å². The van der Waals surface area contributed by atoms with E-state index < -0.39 is 0 Å². The highest BCUT2D eigenvalue weighted by atomic mass is 15.1. The Morgan fingerprint density at radius 3 is 2.60 bits per heavy atom. The number of nitrogens with zero attached hydrogens (tertiary/aromatic N) is 3. The van der Waals surface area contributed by atoms with Crippen molar-refractivity contribution in [2.45, 2.75) is 13.5 Å². The first kappa shape index (κ1) is 15.4. The molecule has 4 nitrogen and oxygen atoms in total. The largest absolute Gasteiger partial charge is 0.368 e. The topological polar surface area (TPSA) is 42.7 Å². The van der Waals surface area contributed by atoms with Crippen LogP contribution in [0.15, 0.2) is 72.9 Å². The van der Waals surface area contributed by atoms with Gasteiger partial charge in [0.2, 0.25) is 0 Å². The van der Waals surface area contributed by atoms with Crippen molar-refractivity contribution in [2.24, 2.45) is 0 Å². The average molecular weight is 328 g/mol. The molecule has 1 N–H and O–H groups in total. The number of aryl methyl sites for hydroxylation is 1. The normalized spacial score (nSPS) is 10.9. The van der Waals surface area contributed by atoms with Crippen LogP contribution in [0.3, 0.4) is 0 Å². The molecule has 0 unspecified atom stereocenters. The highest BCUT2D eigenvalue weighted by molar-refractivity contribution is 5.79. The molecule has 2 aromatic heterocycles. The number of benzene rings is 2. The Hall–Kier alpha value is -3.14. The van der Waals surface area contributed by atoms with Gasteiger partial charge in [-0.1, -0.05) is 48.5 Å². The van der Waals surface area contributed by atoms with Gasteiger partial charge in [-0.3, -0.25) is 0 Å². The molecule has 0 radical (unpaired) electrons. The van der Waals surface area contributed by atoms with Gasteiger partial charge in [-0.15, -0.1) is 0 Å². The summed E-state index contributed by atoms with van der Waals surface area (Å²) in [6, 6.07) is 22.8. The molecule has 4 rings (SSSR count). The zero-order valence-electron chi connectivity index (χ0n) is 14.2. The second kappa shape index (κ2) is 6.77. The Morgan fingerprint density at radius 2 is 1.72 bits per heavy atom. The van der Waals surface area contributed by atoms with Crippen LogP contribution in [0.2, 0.25) is 0 Å². The summed E-state index contributed by atoms with van der Waals surface area (Å²) in [4.78, 5) is 9.06. The molecule has 2 heterocycles. The third kappa shape index (κ3) is 3.38. The summed E-state index contributed by atoms with van der Waals surface area (Å²) < 4.78 is 2.26. The Balaban J connectivity index is 1.49. The summed E-state index contributed by atoms with van der Waals surface area (Å²) in [6.45, 7) is 3.62. The number of hydrogen-bond acceptors (Lipinski definition) is 3. The lowest BCUT2D eigenvalue weighted by atomic mass is 10.1. The number of rotatable bonds is 5. The first-order valence-corrected chi connectivity index (χ1v) is 8.48. The van der Waals surface area contributed by atoms with Crippen molar-refractivity contribution < 1.29 is 0 Å². The molecule has 0 saturated carbocycles.